The molecule has 4 rings (SSSR count). The van der Waals surface area contributed by atoms with E-state index in [4.69, 9.17) is 23.2 Å². The van der Waals surface area contributed by atoms with E-state index in [0.29, 0.717) is 15.7 Å². The minimum Gasteiger partial charge on any atom is -0.314 e. The number of halogens is 2. The van der Waals surface area contributed by atoms with Crippen LogP contribution in [-0.2, 0) is 6.42 Å². The molecule has 2 bridgehead atoms. The van der Waals surface area contributed by atoms with Crippen LogP contribution in [0.25, 0.3) is 0 Å². The molecule has 6 heteroatoms. The third-order valence-electron chi connectivity index (χ3n) is 4.66. The molecule has 118 valence electrons. The first kappa shape index (κ1) is 14.8. The first-order valence-electron chi connectivity index (χ1n) is 7.60. The van der Waals surface area contributed by atoms with Gasteiger partial charge in [0, 0.05) is 24.1 Å². The van der Waals surface area contributed by atoms with Gasteiger partial charge in [-0.05, 0) is 54.7 Å². The fourth-order valence-corrected chi connectivity index (χ4v) is 3.94. The van der Waals surface area contributed by atoms with Gasteiger partial charge in [-0.3, -0.25) is 4.98 Å². The minimum absolute atomic E-state index is 0.0849. The normalized spacial score (nSPS) is 21.9. The molecule has 1 saturated heterocycles. The fraction of sp³-hybridized carbons (Fsp3) is 0.294. The largest absolute Gasteiger partial charge is 0.322 e. The summed E-state index contributed by atoms with van der Waals surface area (Å²) in [5.74, 6) is 0. The number of nitrogens with zero attached hydrogens (tertiary/aromatic N) is 2. The molecule has 2 atom stereocenters. The van der Waals surface area contributed by atoms with Gasteiger partial charge in [0.1, 0.15) is 0 Å². The summed E-state index contributed by atoms with van der Waals surface area (Å²) < 4.78 is 0. The number of fused-ring (bicyclic) bond motifs is 4. The summed E-state index contributed by atoms with van der Waals surface area (Å²) in [7, 11) is 0. The molecule has 2 amide bonds. The molecule has 1 N–H and O–H groups in total. The van der Waals surface area contributed by atoms with Crippen LogP contribution in [-0.4, -0.2) is 22.0 Å². The van der Waals surface area contributed by atoms with Gasteiger partial charge in [0.25, 0.3) is 0 Å². The lowest BCUT2D eigenvalue weighted by Crippen LogP contribution is -2.44. The number of anilines is 1. The van der Waals surface area contributed by atoms with E-state index in [0.717, 1.165) is 19.3 Å². The van der Waals surface area contributed by atoms with Crippen molar-refractivity contribution in [3.05, 3.63) is 57.8 Å². The zero-order valence-electron chi connectivity index (χ0n) is 12.3. The lowest BCUT2D eigenvalue weighted by atomic mass is 9.95. The van der Waals surface area contributed by atoms with Crippen LogP contribution in [0.15, 0.2) is 36.7 Å². The van der Waals surface area contributed by atoms with Crippen LogP contribution in [0.4, 0.5) is 10.5 Å². The second kappa shape index (κ2) is 5.69. The number of carbonyl (C=O) groups is 1. The summed E-state index contributed by atoms with van der Waals surface area (Å²) in [5.41, 5.74) is 3.14. The predicted molar refractivity (Wildman–Crippen MR) is 91.0 cm³/mol. The van der Waals surface area contributed by atoms with E-state index in [1.165, 1.54) is 11.1 Å². The number of nitrogens with one attached hydrogen (secondary N) is 1. The Labute approximate surface area is 144 Å². The monoisotopic (exact) mass is 347 g/mol. The summed E-state index contributed by atoms with van der Waals surface area (Å²) in [6, 6.07) is 7.43. The van der Waals surface area contributed by atoms with Crippen molar-refractivity contribution in [1.29, 1.82) is 0 Å². The number of rotatable bonds is 1. The summed E-state index contributed by atoms with van der Waals surface area (Å²) >= 11 is 11.9. The molecule has 0 aliphatic carbocycles. The molecule has 1 aromatic heterocycles. The zero-order chi connectivity index (χ0) is 16.0. The van der Waals surface area contributed by atoms with Gasteiger partial charge >= 0.3 is 6.03 Å². The van der Waals surface area contributed by atoms with Crippen molar-refractivity contribution >= 4 is 34.9 Å². The molecule has 0 saturated carbocycles. The number of carbonyl (C=O) groups excluding carboxylic acids is 1. The Balaban J connectivity index is 1.59. The lowest BCUT2D eigenvalue weighted by molar-refractivity contribution is 0.179. The molecule has 1 fully saturated rings. The molecule has 2 unspecified atom stereocenters. The van der Waals surface area contributed by atoms with Crippen LogP contribution >= 0.6 is 23.2 Å². The Morgan fingerprint density at radius 1 is 1.22 bits per heavy atom. The van der Waals surface area contributed by atoms with Crippen LogP contribution < -0.4 is 5.32 Å². The summed E-state index contributed by atoms with van der Waals surface area (Å²) in [4.78, 5) is 18.9. The van der Waals surface area contributed by atoms with Crippen LogP contribution in [0.3, 0.4) is 0 Å². The second-order valence-electron chi connectivity index (χ2n) is 5.99. The van der Waals surface area contributed by atoms with E-state index in [9.17, 15) is 4.79 Å². The Hall–Kier alpha value is -1.78. The van der Waals surface area contributed by atoms with Crippen molar-refractivity contribution < 1.29 is 4.79 Å². The molecule has 2 aliphatic rings. The van der Waals surface area contributed by atoms with E-state index in [1.54, 1.807) is 24.4 Å². The second-order valence-corrected chi connectivity index (χ2v) is 6.81. The molecule has 2 aromatic rings. The maximum atomic E-state index is 12.8. The van der Waals surface area contributed by atoms with Gasteiger partial charge in [0.2, 0.25) is 0 Å². The highest BCUT2D eigenvalue weighted by atomic mass is 35.5. The molecule has 0 spiro atoms. The highest BCUT2D eigenvalue weighted by molar-refractivity contribution is 6.42. The third-order valence-corrected chi connectivity index (χ3v) is 5.40. The van der Waals surface area contributed by atoms with E-state index < -0.39 is 0 Å². The number of benzene rings is 1. The minimum atomic E-state index is -0.0849. The Kier molecular flexibility index (Phi) is 3.66. The van der Waals surface area contributed by atoms with E-state index >= 15 is 0 Å². The smallest absolute Gasteiger partial charge is 0.314 e. The van der Waals surface area contributed by atoms with E-state index in [2.05, 4.69) is 10.3 Å². The van der Waals surface area contributed by atoms with Crippen molar-refractivity contribution in [2.24, 2.45) is 0 Å². The fourth-order valence-electron chi connectivity index (χ4n) is 3.65. The summed E-state index contributed by atoms with van der Waals surface area (Å²) in [5, 5.41) is 3.85. The number of aromatic nitrogens is 1. The highest BCUT2D eigenvalue weighted by Crippen LogP contribution is 2.43. The number of hydrogen-bond donors (Lipinski definition) is 1. The standard InChI is InChI=1S/C17H15Cl2N3O/c18-14-3-1-11(8-15(14)19)21-17(23)22-12-2-4-16(22)13-5-6-20-9-10(13)7-12/h1,3,5-6,8-9,12,16H,2,4,7H2,(H,21,23). The van der Waals surface area contributed by atoms with E-state index in [-0.39, 0.29) is 18.1 Å². The highest BCUT2D eigenvalue weighted by Gasteiger charge is 2.42. The Morgan fingerprint density at radius 2 is 2.09 bits per heavy atom. The van der Waals surface area contributed by atoms with Crippen LogP contribution in [0.5, 0.6) is 0 Å². The average molecular weight is 348 g/mol. The van der Waals surface area contributed by atoms with Gasteiger partial charge in [0.05, 0.1) is 16.1 Å². The Bertz CT molecular complexity index is 780. The SMILES string of the molecule is O=C(Nc1ccc(Cl)c(Cl)c1)N1C2CCC1c1ccncc1C2. The van der Waals surface area contributed by atoms with Gasteiger partial charge in [0.15, 0.2) is 0 Å². The van der Waals surface area contributed by atoms with Gasteiger partial charge in [-0.2, -0.15) is 0 Å². The number of hydrogen-bond acceptors (Lipinski definition) is 2. The number of amides is 2. The maximum Gasteiger partial charge on any atom is 0.322 e. The third kappa shape index (κ3) is 2.56. The molecule has 2 aliphatic heterocycles. The van der Waals surface area contributed by atoms with Gasteiger partial charge in [-0.15, -0.1) is 0 Å². The van der Waals surface area contributed by atoms with Crippen molar-refractivity contribution in [2.45, 2.75) is 31.3 Å². The Morgan fingerprint density at radius 3 is 2.91 bits per heavy atom. The molecular weight excluding hydrogens is 333 g/mol. The zero-order valence-corrected chi connectivity index (χ0v) is 13.8. The van der Waals surface area contributed by atoms with Gasteiger partial charge < -0.3 is 10.2 Å². The van der Waals surface area contributed by atoms with Gasteiger partial charge in [-0.1, -0.05) is 23.2 Å². The molecule has 3 heterocycles. The lowest BCUT2D eigenvalue weighted by Gasteiger charge is -2.36. The molecule has 0 radical (unpaired) electrons. The molecule has 23 heavy (non-hydrogen) atoms. The van der Waals surface area contributed by atoms with Crippen LogP contribution in [0, 0.1) is 0 Å². The quantitative estimate of drug-likeness (QED) is 0.813. The first-order valence-corrected chi connectivity index (χ1v) is 8.36. The maximum absolute atomic E-state index is 12.8. The summed E-state index contributed by atoms with van der Waals surface area (Å²) in [6.45, 7) is 0. The van der Waals surface area contributed by atoms with Crippen molar-refractivity contribution in [1.82, 2.24) is 9.88 Å². The molecule has 4 nitrogen and oxygen atoms in total. The van der Waals surface area contributed by atoms with Gasteiger partial charge in [-0.25, -0.2) is 4.79 Å². The summed E-state index contributed by atoms with van der Waals surface area (Å²) in [6.07, 6.45) is 6.61. The van der Waals surface area contributed by atoms with Crippen molar-refractivity contribution in [2.75, 3.05) is 5.32 Å². The first-order chi connectivity index (χ1) is 11.1. The average Bonchev–Trinajstić information content (AvgIpc) is 2.86. The van der Waals surface area contributed by atoms with Crippen molar-refractivity contribution in [3.63, 3.8) is 0 Å². The number of urea groups is 1. The molecular formula is C17H15Cl2N3O. The topological polar surface area (TPSA) is 45.2 Å². The number of pyridine rings is 1. The predicted octanol–water partition coefficient (Wildman–Crippen LogP) is 4.68. The van der Waals surface area contributed by atoms with Crippen LogP contribution in [0.2, 0.25) is 10.0 Å². The molecule has 1 aromatic carbocycles. The van der Waals surface area contributed by atoms with Crippen LogP contribution in [0.1, 0.15) is 30.0 Å². The van der Waals surface area contributed by atoms with E-state index in [1.807, 2.05) is 17.2 Å². The van der Waals surface area contributed by atoms with Crippen molar-refractivity contribution in [3.8, 4) is 0 Å².